The lowest BCUT2D eigenvalue weighted by atomic mass is 9.95. The van der Waals surface area contributed by atoms with Gasteiger partial charge < -0.3 is 14.8 Å². The van der Waals surface area contributed by atoms with Crippen molar-refractivity contribution in [3.8, 4) is 34.0 Å². The van der Waals surface area contributed by atoms with Crippen molar-refractivity contribution in [3.63, 3.8) is 0 Å². The molecule has 1 N–H and O–H groups in total. The van der Waals surface area contributed by atoms with Crippen LogP contribution in [0.25, 0.3) is 22.4 Å². The number of benzene rings is 3. The van der Waals surface area contributed by atoms with Crippen LogP contribution in [0.2, 0.25) is 0 Å². The van der Waals surface area contributed by atoms with Gasteiger partial charge in [0.25, 0.3) is 5.88 Å². The SMILES string of the molecule is COC(=O)c1c(Oc2ccc(NC(C)=O)cc2)nnc(-c2ccccc2)c1-c1ccccc1. The number of amides is 1. The molecule has 3 aromatic carbocycles. The topological polar surface area (TPSA) is 90.4 Å². The minimum atomic E-state index is -0.592. The van der Waals surface area contributed by atoms with E-state index in [0.717, 1.165) is 11.1 Å². The van der Waals surface area contributed by atoms with E-state index in [9.17, 15) is 9.59 Å². The van der Waals surface area contributed by atoms with E-state index in [1.807, 2.05) is 60.7 Å². The first-order valence-corrected chi connectivity index (χ1v) is 10.2. The number of carbonyl (C=O) groups excluding carboxylic acids is 2. The van der Waals surface area contributed by atoms with Gasteiger partial charge in [0.2, 0.25) is 5.91 Å². The van der Waals surface area contributed by atoms with Gasteiger partial charge in [0.05, 0.1) is 7.11 Å². The molecule has 1 amide bonds. The smallest absolute Gasteiger partial charge is 0.344 e. The number of hydrogen-bond donors (Lipinski definition) is 1. The molecule has 0 fully saturated rings. The number of nitrogens with zero attached hydrogens (tertiary/aromatic N) is 2. The molecule has 0 atom stereocenters. The van der Waals surface area contributed by atoms with Crippen molar-refractivity contribution in [2.75, 3.05) is 12.4 Å². The minimum Gasteiger partial charge on any atom is -0.465 e. The van der Waals surface area contributed by atoms with Crippen molar-refractivity contribution in [1.82, 2.24) is 10.2 Å². The number of aromatic nitrogens is 2. The van der Waals surface area contributed by atoms with Gasteiger partial charge in [-0.25, -0.2) is 4.79 Å². The number of hydrogen-bond acceptors (Lipinski definition) is 6. The molecule has 0 saturated heterocycles. The van der Waals surface area contributed by atoms with Gasteiger partial charge in [0.15, 0.2) is 0 Å². The quantitative estimate of drug-likeness (QED) is 0.408. The fraction of sp³-hybridized carbons (Fsp3) is 0.0769. The molecule has 0 bridgehead atoms. The predicted molar refractivity (Wildman–Crippen MR) is 125 cm³/mol. The highest BCUT2D eigenvalue weighted by atomic mass is 16.5. The average Bonchev–Trinajstić information content (AvgIpc) is 2.85. The molecule has 7 heteroatoms. The molecule has 1 aromatic heterocycles. The van der Waals surface area contributed by atoms with Gasteiger partial charge in [-0.2, -0.15) is 0 Å². The summed E-state index contributed by atoms with van der Waals surface area (Å²) in [5, 5.41) is 11.3. The van der Waals surface area contributed by atoms with Gasteiger partial charge in [-0.05, 0) is 29.8 Å². The van der Waals surface area contributed by atoms with Crippen molar-refractivity contribution in [2.24, 2.45) is 0 Å². The van der Waals surface area contributed by atoms with Crippen LogP contribution >= 0.6 is 0 Å². The molecule has 0 spiro atoms. The number of carbonyl (C=O) groups is 2. The number of nitrogens with one attached hydrogen (secondary N) is 1. The molecule has 1 heterocycles. The van der Waals surface area contributed by atoms with Gasteiger partial charge in [-0.1, -0.05) is 60.7 Å². The van der Waals surface area contributed by atoms with E-state index in [2.05, 4.69) is 15.5 Å². The standard InChI is InChI=1S/C26H21N3O4/c1-17(30)27-20-13-15-21(16-14-20)33-25-23(26(31)32-2)22(18-9-5-3-6-10-18)24(28-29-25)19-11-7-4-8-12-19/h3-16H,1-2H3,(H,27,30). The molecule has 0 aliphatic carbocycles. The van der Waals surface area contributed by atoms with E-state index >= 15 is 0 Å². The second-order valence-electron chi connectivity index (χ2n) is 7.14. The maximum Gasteiger partial charge on any atom is 0.344 e. The third-order valence-electron chi connectivity index (χ3n) is 4.83. The maximum absolute atomic E-state index is 13.0. The van der Waals surface area contributed by atoms with Crippen LogP contribution in [0.15, 0.2) is 84.9 Å². The third kappa shape index (κ3) is 4.88. The Hall–Kier alpha value is -4.52. The van der Waals surface area contributed by atoms with Gasteiger partial charge in [0.1, 0.15) is 17.0 Å². The van der Waals surface area contributed by atoms with Gasteiger partial charge in [0, 0.05) is 23.7 Å². The Morgan fingerprint density at radius 1 is 0.788 bits per heavy atom. The van der Waals surface area contributed by atoms with Crippen LogP contribution in [0.4, 0.5) is 5.69 Å². The zero-order chi connectivity index (χ0) is 23.2. The zero-order valence-corrected chi connectivity index (χ0v) is 18.1. The van der Waals surface area contributed by atoms with Crippen molar-refractivity contribution in [3.05, 3.63) is 90.5 Å². The van der Waals surface area contributed by atoms with Crippen LogP contribution in [0.5, 0.6) is 11.6 Å². The second-order valence-corrected chi connectivity index (χ2v) is 7.14. The molecule has 0 aliphatic rings. The molecular weight excluding hydrogens is 418 g/mol. The van der Waals surface area contributed by atoms with Crippen molar-refractivity contribution >= 4 is 17.6 Å². The number of ether oxygens (including phenoxy) is 2. The summed E-state index contributed by atoms with van der Waals surface area (Å²) in [6, 6.07) is 25.7. The van der Waals surface area contributed by atoms with Gasteiger partial charge >= 0.3 is 5.97 Å². The second kappa shape index (κ2) is 9.74. The maximum atomic E-state index is 13.0. The molecule has 0 saturated carbocycles. The Labute approximate surface area is 191 Å². The average molecular weight is 439 g/mol. The zero-order valence-electron chi connectivity index (χ0n) is 18.1. The predicted octanol–water partition coefficient (Wildman–Crippen LogP) is 5.35. The summed E-state index contributed by atoms with van der Waals surface area (Å²) in [5.41, 5.74) is 3.48. The van der Waals surface area contributed by atoms with Crippen molar-refractivity contribution in [2.45, 2.75) is 6.92 Å². The summed E-state index contributed by atoms with van der Waals surface area (Å²) < 4.78 is 11.1. The highest BCUT2D eigenvalue weighted by Gasteiger charge is 2.26. The summed E-state index contributed by atoms with van der Waals surface area (Å²) >= 11 is 0. The van der Waals surface area contributed by atoms with Crippen molar-refractivity contribution < 1.29 is 19.1 Å². The Morgan fingerprint density at radius 2 is 1.39 bits per heavy atom. The number of anilines is 1. The Bertz CT molecular complexity index is 1270. The highest BCUT2D eigenvalue weighted by Crippen LogP contribution is 2.38. The molecular formula is C26H21N3O4. The van der Waals surface area contributed by atoms with E-state index in [1.54, 1.807) is 24.3 Å². The third-order valence-corrected chi connectivity index (χ3v) is 4.83. The molecule has 4 rings (SSSR count). The van der Waals surface area contributed by atoms with E-state index in [1.165, 1.54) is 14.0 Å². The van der Waals surface area contributed by atoms with E-state index < -0.39 is 5.97 Å². The molecule has 4 aromatic rings. The number of rotatable bonds is 6. The fourth-order valence-electron chi connectivity index (χ4n) is 3.39. The van der Waals surface area contributed by atoms with Gasteiger partial charge in [-0.15, -0.1) is 10.2 Å². The number of esters is 1. The van der Waals surface area contributed by atoms with Crippen LogP contribution in [-0.2, 0) is 9.53 Å². The van der Waals surface area contributed by atoms with Crippen LogP contribution in [0.1, 0.15) is 17.3 Å². The normalized spacial score (nSPS) is 10.4. The van der Waals surface area contributed by atoms with Crippen LogP contribution in [-0.4, -0.2) is 29.2 Å². The summed E-state index contributed by atoms with van der Waals surface area (Å²) in [4.78, 5) is 24.2. The molecule has 164 valence electrons. The van der Waals surface area contributed by atoms with E-state index in [0.29, 0.717) is 22.7 Å². The minimum absolute atomic E-state index is 0.0210. The molecule has 0 radical (unpaired) electrons. The van der Waals surface area contributed by atoms with E-state index in [-0.39, 0.29) is 17.4 Å². The van der Waals surface area contributed by atoms with Crippen LogP contribution < -0.4 is 10.1 Å². The highest BCUT2D eigenvalue weighted by molar-refractivity contribution is 6.03. The van der Waals surface area contributed by atoms with Crippen LogP contribution in [0.3, 0.4) is 0 Å². The Morgan fingerprint density at radius 3 is 1.97 bits per heavy atom. The lowest BCUT2D eigenvalue weighted by molar-refractivity contribution is -0.114. The molecule has 0 aliphatic heterocycles. The van der Waals surface area contributed by atoms with Crippen LogP contribution in [0, 0.1) is 0 Å². The van der Waals surface area contributed by atoms with E-state index in [4.69, 9.17) is 9.47 Å². The molecule has 0 unspecified atom stereocenters. The first-order valence-electron chi connectivity index (χ1n) is 10.2. The Balaban J connectivity index is 1.86. The lowest BCUT2D eigenvalue weighted by Gasteiger charge is -2.16. The largest absolute Gasteiger partial charge is 0.465 e. The molecule has 7 nitrogen and oxygen atoms in total. The van der Waals surface area contributed by atoms with Gasteiger partial charge in [-0.3, -0.25) is 4.79 Å². The lowest BCUT2D eigenvalue weighted by Crippen LogP contribution is -2.10. The molecule has 33 heavy (non-hydrogen) atoms. The fourth-order valence-corrected chi connectivity index (χ4v) is 3.39. The first kappa shape index (κ1) is 21.7. The van der Waals surface area contributed by atoms with Crippen molar-refractivity contribution in [1.29, 1.82) is 0 Å². The Kier molecular flexibility index (Phi) is 6.40. The summed E-state index contributed by atoms with van der Waals surface area (Å²) in [5.74, 6) is -0.319. The monoisotopic (exact) mass is 439 g/mol. The summed E-state index contributed by atoms with van der Waals surface area (Å²) in [6.45, 7) is 1.43. The first-order chi connectivity index (χ1) is 16.1. The number of methoxy groups -OCH3 is 1. The summed E-state index contributed by atoms with van der Waals surface area (Å²) in [7, 11) is 1.31. The summed E-state index contributed by atoms with van der Waals surface area (Å²) in [6.07, 6.45) is 0.